The number of H-pyrrole nitrogens is 1. The third-order valence-corrected chi connectivity index (χ3v) is 3.40. The second-order valence-electron chi connectivity index (χ2n) is 4.82. The van der Waals surface area contributed by atoms with Crippen LogP contribution in [0.5, 0.6) is 0 Å². The number of ether oxygens (including phenoxy) is 1. The third-order valence-electron chi connectivity index (χ3n) is 3.40. The van der Waals surface area contributed by atoms with Crippen molar-refractivity contribution in [3.63, 3.8) is 0 Å². The molecule has 0 spiro atoms. The Balaban J connectivity index is 1.76. The minimum absolute atomic E-state index is 0.0828. The molecule has 0 saturated carbocycles. The maximum atomic E-state index is 5.54. The number of aromatic nitrogens is 5. The fraction of sp³-hybridized carbons (Fsp3) is 0.667. The molecule has 1 saturated heterocycles. The van der Waals surface area contributed by atoms with E-state index >= 15 is 0 Å². The van der Waals surface area contributed by atoms with E-state index in [9.17, 15) is 0 Å². The van der Waals surface area contributed by atoms with E-state index in [1.54, 1.807) is 0 Å². The molecule has 3 rings (SSSR count). The van der Waals surface area contributed by atoms with Crippen LogP contribution in [0.1, 0.15) is 31.6 Å². The highest BCUT2D eigenvalue weighted by molar-refractivity contribution is 5.39. The molecule has 0 radical (unpaired) electrons. The summed E-state index contributed by atoms with van der Waals surface area (Å²) in [7, 11) is 0. The average molecular weight is 278 g/mol. The van der Waals surface area contributed by atoms with E-state index in [0.29, 0.717) is 30.2 Å². The van der Waals surface area contributed by atoms with Gasteiger partial charge >= 0.3 is 0 Å². The van der Waals surface area contributed by atoms with Gasteiger partial charge in [-0.2, -0.15) is 10.1 Å². The van der Waals surface area contributed by atoms with Crippen molar-refractivity contribution >= 4 is 0 Å². The predicted molar refractivity (Wildman–Crippen MR) is 69.9 cm³/mol. The average Bonchev–Trinajstić information content (AvgIpc) is 3.15. The van der Waals surface area contributed by atoms with Crippen LogP contribution in [0.4, 0.5) is 0 Å². The molecule has 8 heteroatoms. The van der Waals surface area contributed by atoms with E-state index < -0.39 is 0 Å². The number of hydrogen-bond acceptors (Lipinski definition) is 7. The lowest BCUT2D eigenvalue weighted by molar-refractivity contribution is 0.0498. The zero-order chi connectivity index (χ0) is 13.8. The fourth-order valence-electron chi connectivity index (χ4n) is 2.35. The van der Waals surface area contributed by atoms with Gasteiger partial charge in [0.1, 0.15) is 6.33 Å². The van der Waals surface area contributed by atoms with Crippen LogP contribution < -0.4 is 5.32 Å². The van der Waals surface area contributed by atoms with Crippen LogP contribution in [-0.2, 0) is 4.74 Å². The van der Waals surface area contributed by atoms with Crippen molar-refractivity contribution in [2.24, 2.45) is 0 Å². The van der Waals surface area contributed by atoms with Crippen LogP contribution in [0.25, 0.3) is 11.6 Å². The molecule has 1 fully saturated rings. The van der Waals surface area contributed by atoms with Crippen LogP contribution in [-0.4, -0.2) is 51.1 Å². The number of nitrogens with zero attached hydrogens (tertiary/aromatic N) is 4. The van der Waals surface area contributed by atoms with Gasteiger partial charge in [-0.3, -0.25) is 5.10 Å². The van der Waals surface area contributed by atoms with Crippen LogP contribution >= 0.6 is 0 Å². The number of aromatic amines is 1. The maximum absolute atomic E-state index is 5.54. The number of hydrogen-bond donors (Lipinski definition) is 2. The Labute approximate surface area is 116 Å². The molecular formula is C12H18N6O2. The summed E-state index contributed by atoms with van der Waals surface area (Å²) in [4.78, 5) is 8.42. The monoisotopic (exact) mass is 278 g/mol. The van der Waals surface area contributed by atoms with Gasteiger partial charge in [0, 0.05) is 12.6 Å². The smallest absolute Gasteiger partial charge is 0.239 e. The fourth-order valence-corrected chi connectivity index (χ4v) is 2.35. The zero-order valence-electron chi connectivity index (χ0n) is 11.4. The van der Waals surface area contributed by atoms with E-state index in [1.807, 2.05) is 0 Å². The zero-order valence-corrected chi connectivity index (χ0v) is 11.4. The molecule has 2 N–H and O–H groups in total. The Hall–Kier alpha value is -1.80. The molecule has 2 aromatic rings. The number of rotatable bonds is 5. The first kappa shape index (κ1) is 13.2. The Kier molecular flexibility index (Phi) is 4.03. The van der Waals surface area contributed by atoms with E-state index in [-0.39, 0.29) is 5.92 Å². The van der Waals surface area contributed by atoms with Crippen molar-refractivity contribution in [1.82, 2.24) is 30.6 Å². The first-order chi connectivity index (χ1) is 9.88. The van der Waals surface area contributed by atoms with E-state index in [4.69, 9.17) is 9.26 Å². The second kappa shape index (κ2) is 6.10. The van der Waals surface area contributed by atoms with Crippen molar-refractivity contribution in [2.45, 2.75) is 31.7 Å². The minimum atomic E-state index is 0.0828. The van der Waals surface area contributed by atoms with Gasteiger partial charge in [0.15, 0.2) is 5.82 Å². The highest BCUT2D eigenvalue weighted by Crippen LogP contribution is 2.26. The summed E-state index contributed by atoms with van der Waals surface area (Å²) >= 11 is 0. The van der Waals surface area contributed by atoms with Crippen LogP contribution in [0.15, 0.2) is 10.9 Å². The van der Waals surface area contributed by atoms with Gasteiger partial charge in [0.05, 0.1) is 12.5 Å². The Bertz CT molecular complexity index is 526. The summed E-state index contributed by atoms with van der Waals surface area (Å²) in [6.07, 6.45) is 3.46. The number of nitrogens with one attached hydrogen (secondary N) is 2. The highest BCUT2D eigenvalue weighted by Gasteiger charge is 2.31. The van der Waals surface area contributed by atoms with Crippen molar-refractivity contribution in [1.29, 1.82) is 0 Å². The quantitative estimate of drug-likeness (QED) is 0.831. The molecule has 2 aromatic heterocycles. The molecule has 1 aliphatic rings. The standard InChI is InChI=1S/C12H18N6O2/c1-2-4-13-9-3-5-19-6-8(9)12-16-11(18-20-12)10-14-7-15-17-10/h7-9,13H,2-6H2,1H3,(H,14,15,17). The molecule has 2 unspecified atom stereocenters. The van der Waals surface area contributed by atoms with Gasteiger partial charge in [-0.15, -0.1) is 0 Å². The Morgan fingerprint density at radius 2 is 2.45 bits per heavy atom. The molecule has 2 atom stereocenters. The van der Waals surface area contributed by atoms with Crippen molar-refractivity contribution in [3.05, 3.63) is 12.2 Å². The van der Waals surface area contributed by atoms with Crippen molar-refractivity contribution in [3.8, 4) is 11.6 Å². The molecule has 0 bridgehead atoms. The Morgan fingerprint density at radius 3 is 3.25 bits per heavy atom. The molecule has 0 aliphatic carbocycles. The summed E-state index contributed by atoms with van der Waals surface area (Å²) in [5.41, 5.74) is 0. The van der Waals surface area contributed by atoms with Crippen molar-refractivity contribution in [2.75, 3.05) is 19.8 Å². The van der Waals surface area contributed by atoms with Gasteiger partial charge in [-0.25, -0.2) is 4.98 Å². The van der Waals surface area contributed by atoms with Gasteiger partial charge in [0.2, 0.25) is 11.7 Å². The maximum Gasteiger partial charge on any atom is 0.239 e. The predicted octanol–water partition coefficient (Wildman–Crippen LogP) is 0.727. The topological polar surface area (TPSA) is 102 Å². The molecule has 108 valence electrons. The van der Waals surface area contributed by atoms with Gasteiger partial charge in [0.25, 0.3) is 0 Å². The van der Waals surface area contributed by atoms with Crippen LogP contribution in [0.2, 0.25) is 0 Å². The Morgan fingerprint density at radius 1 is 1.50 bits per heavy atom. The second-order valence-corrected chi connectivity index (χ2v) is 4.82. The van der Waals surface area contributed by atoms with Gasteiger partial charge in [-0.05, 0) is 19.4 Å². The van der Waals surface area contributed by atoms with Gasteiger partial charge < -0.3 is 14.6 Å². The minimum Gasteiger partial charge on any atom is -0.381 e. The van der Waals surface area contributed by atoms with E-state index in [0.717, 1.165) is 26.0 Å². The summed E-state index contributed by atoms with van der Waals surface area (Å²) < 4.78 is 10.9. The summed E-state index contributed by atoms with van der Waals surface area (Å²) in [6.45, 7) is 4.49. The first-order valence-corrected chi connectivity index (χ1v) is 6.89. The molecule has 0 amide bonds. The molecular weight excluding hydrogens is 260 g/mol. The molecule has 20 heavy (non-hydrogen) atoms. The normalized spacial score (nSPS) is 23.1. The molecule has 3 heterocycles. The van der Waals surface area contributed by atoms with E-state index in [2.05, 4.69) is 37.6 Å². The summed E-state index contributed by atoms with van der Waals surface area (Å²) in [6, 6.07) is 0.312. The molecule has 0 aromatic carbocycles. The van der Waals surface area contributed by atoms with Gasteiger partial charge in [-0.1, -0.05) is 12.1 Å². The lowest BCUT2D eigenvalue weighted by atomic mass is 9.95. The lowest BCUT2D eigenvalue weighted by Gasteiger charge is -2.29. The van der Waals surface area contributed by atoms with Crippen LogP contribution in [0.3, 0.4) is 0 Å². The first-order valence-electron chi connectivity index (χ1n) is 6.89. The molecule has 8 nitrogen and oxygen atoms in total. The lowest BCUT2D eigenvalue weighted by Crippen LogP contribution is -2.41. The summed E-state index contributed by atoms with van der Waals surface area (Å²) in [5, 5.41) is 14.0. The molecule has 1 aliphatic heterocycles. The highest BCUT2D eigenvalue weighted by atomic mass is 16.5. The van der Waals surface area contributed by atoms with Crippen LogP contribution in [0, 0.1) is 0 Å². The van der Waals surface area contributed by atoms with Crippen molar-refractivity contribution < 1.29 is 9.26 Å². The largest absolute Gasteiger partial charge is 0.381 e. The third kappa shape index (κ3) is 2.70. The van der Waals surface area contributed by atoms with E-state index in [1.165, 1.54) is 6.33 Å². The SMILES string of the molecule is CCCNC1CCOCC1c1nc(-c2ncn[nH]2)no1. The summed E-state index contributed by atoms with van der Waals surface area (Å²) in [5.74, 6) is 1.61.